The summed E-state index contributed by atoms with van der Waals surface area (Å²) < 4.78 is 22.9. The molecule has 28 heavy (non-hydrogen) atoms. The first-order valence-corrected chi connectivity index (χ1v) is 10.1. The van der Waals surface area contributed by atoms with Crippen molar-refractivity contribution in [2.75, 3.05) is 5.75 Å². The molecule has 0 N–H and O–H groups in total. The molecule has 0 aliphatic carbocycles. The van der Waals surface area contributed by atoms with E-state index < -0.39 is 6.29 Å². The number of rotatable bonds is 4. The van der Waals surface area contributed by atoms with Crippen molar-refractivity contribution in [2.24, 2.45) is 0 Å². The minimum absolute atomic E-state index is 0.0650. The molecule has 0 amide bonds. The Morgan fingerprint density at radius 3 is 2.50 bits per heavy atom. The van der Waals surface area contributed by atoms with Crippen LogP contribution in [0.2, 0.25) is 0 Å². The van der Waals surface area contributed by atoms with Gasteiger partial charge in [0.05, 0.1) is 5.75 Å². The number of benzene rings is 2. The number of carbonyl (C=O) groups excluding carboxylic acids is 1. The summed E-state index contributed by atoms with van der Waals surface area (Å²) in [6, 6.07) is 15.4. The highest BCUT2D eigenvalue weighted by Gasteiger charge is 2.28. The Hall–Kier alpha value is -2.60. The van der Waals surface area contributed by atoms with Gasteiger partial charge in [-0.1, -0.05) is 51.1 Å². The van der Waals surface area contributed by atoms with E-state index >= 15 is 0 Å². The molecule has 2 aromatic carbocycles. The van der Waals surface area contributed by atoms with Crippen molar-refractivity contribution in [3.63, 3.8) is 0 Å². The highest BCUT2D eigenvalue weighted by Crippen LogP contribution is 2.41. The van der Waals surface area contributed by atoms with Gasteiger partial charge >= 0.3 is 5.30 Å². The third-order valence-corrected chi connectivity index (χ3v) is 5.17. The molecular weight excluding hydrogens is 376 g/mol. The third kappa shape index (κ3) is 4.12. The fraction of sp³-hybridized carbons (Fsp3) is 0.318. The topological polar surface area (TPSA) is 57.9 Å². The standard InChI is InChI=1S/C22H22O5S/c1-22(2,3)19-10-15-9-17-18(11-16(15)25-19)27-20(26-17)13-28-21(23)24-12-14-7-5-4-6-8-14/h4-11,20H,12-13H2,1-3H3. The minimum Gasteiger partial charge on any atom is -0.460 e. The predicted molar refractivity (Wildman–Crippen MR) is 109 cm³/mol. The van der Waals surface area contributed by atoms with Crippen molar-refractivity contribution < 1.29 is 23.4 Å². The molecule has 5 nitrogen and oxygen atoms in total. The van der Waals surface area contributed by atoms with Crippen LogP contribution in [-0.2, 0) is 16.8 Å². The number of ether oxygens (including phenoxy) is 3. The van der Waals surface area contributed by atoms with Gasteiger partial charge in [-0.2, -0.15) is 0 Å². The normalized spacial score (nSPS) is 15.8. The molecule has 1 aromatic heterocycles. The van der Waals surface area contributed by atoms with E-state index in [0.717, 1.165) is 34.1 Å². The van der Waals surface area contributed by atoms with Crippen LogP contribution < -0.4 is 9.47 Å². The molecule has 0 bridgehead atoms. The lowest BCUT2D eigenvalue weighted by Crippen LogP contribution is -2.21. The van der Waals surface area contributed by atoms with Crippen LogP contribution in [0.3, 0.4) is 0 Å². The maximum Gasteiger partial charge on any atom is 0.367 e. The zero-order valence-corrected chi connectivity index (χ0v) is 16.9. The van der Waals surface area contributed by atoms with Crippen LogP contribution >= 0.6 is 11.8 Å². The molecule has 0 saturated carbocycles. The molecule has 1 aliphatic heterocycles. The van der Waals surface area contributed by atoms with E-state index in [4.69, 9.17) is 18.6 Å². The number of fused-ring (bicyclic) bond motifs is 2. The average Bonchev–Trinajstić information content (AvgIpc) is 3.26. The highest BCUT2D eigenvalue weighted by atomic mass is 32.2. The number of hydrogen-bond acceptors (Lipinski definition) is 6. The van der Waals surface area contributed by atoms with Gasteiger partial charge < -0.3 is 18.6 Å². The quantitative estimate of drug-likeness (QED) is 0.510. The summed E-state index contributed by atoms with van der Waals surface area (Å²) in [6.07, 6.45) is -0.530. The lowest BCUT2D eigenvalue weighted by atomic mass is 9.93. The summed E-state index contributed by atoms with van der Waals surface area (Å²) in [5.74, 6) is 2.55. The molecule has 0 spiro atoms. The Bertz CT molecular complexity index is 944. The molecule has 6 heteroatoms. The zero-order valence-electron chi connectivity index (χ0n) is 16.1. The molecule has 1 atom stereocenters. The maximum absolute atomic E-state index is 11.9. The number of hydrogen-bond donors (Lipinski definition) is 0. The van der Waals surface area contributed by atoms with E-state index in [-0.39, 0.29) is 17.3 Å². The van der Waals surface area contributed by atoms with Crippen molar-refractivity contribution >= 4 is 28.0 Å². The molecule has 0 saturated heterocycles. The Labute approximate surface area is 168 Å². The summed E-state index contributed by atoms with van der Waals surface area (Å²) in [5.41, 5.74) is 1.65. The van der Waals surface area contributed by atoms with Gasteiger partial charge in [-0.3, -0.25) is 0 Å². The Balaban J connectivity index is 1.33. The van der Waals surface area contributed by atoms with Crippen molar-refractivity contribution in [3.8, 4) is 11.5 Å². The van der Waals surface area contributed by atoms with Crippen LogP contribution in [0.1, 0.15) is 32.1 Å². The smallest absolute Gasteiger partial charge is 0.367 e. The van der Waals surface area contributed by atoms with Gasteiger partial charge in [-0.15, -0.1) is 0 Å². The number of furan rings is 1. The molecule has 0 radical (unpaired) electrons. The van der Waals surface area contributed by atoms with Gasteiger partial charge in [0, 0.05) is 16.9 Å². The van der Waals surface area contributed by atoms with Gasteiger partial charge in [0.15, 0.2) is 11.5 Å². The second kappa shape index (κ2) is 7.43. The first kappa shape index (κ1) is 18.7. The summed E-state index contributed by atoms with van der Waals surface area (Å²) in [7, 11) is 0. The van der Waals surface area contributed by atoms with Crippen molar-refractivity contribution in [1.82, 2.24) is 0 Å². The molecule has 0 fully saturated rings. The van der Waals surface area contributed by atoms with Crippen LogP contribution in [-0.4, -0.2) is 17.3 Å². The second-order valence-electron chi connectivity index (χ2n) is 7.70. The molecule has 3 aromatic rings. The monoisotopic (exact) mass is 398 g/mol. The third-order valence-electron chi connectivity index (χ3n) is 4.38. The molecule has 2 heterocycles. The summed E-state index contributed by atoms with van der Waals surface area (Å²) in [6.45, 7) is 6.58. The molecule has 1 aliphatic rings. The van der Waals surface area contributed by atoms with E-state index in [1.165, 1.54) is 0 Å². The minimum atomic E-state index is -0.530. The lowest BCUT2D eigenvalue weighted by Gasteiger charge is -2.13. The lowest BCUT2D eigenvalue weighted by molar-refractivity contribution is 0.0721. The van der Waals surface area contributed by atoms with Crippen molar-refractivity contribution in [2.45, 2.75) is 39.1 Å². The van der Waals surface area contributed by atoms with Crippen LogP contribution in [0.25, 0.3) is 11.0 Å². The molecular formula is C22H22O5S. The van der Waals surface area contributed by atoms with Gasteiger partial charge in [-0.05, 0) is 29.5 Å². The number of carbonyl (C=O) groups is 1. The van der Waals surface area contributed by atoms with Crippen molar-refractivity contribution in [1.29, 1.82) is 0 Å². The maximum atomic E-state index is 11.9. The van der Waals surface area contributed by atoms with Gasteiger partial charge in [0.25, 0.3) is 6.29 Å². The van der Waals surface area contributed by atoms with Crippen LogP contribution in [0, 0.1) is 0 Å². The first-order chi connectivity index (χ1) is 13.4. The van der Waals surface area contributed by atoms with E-state index in [9.17, 15) is 4.79 Å². The molecule has 4 rings (SSSR count). The fourth-order valence-corrected chi connectivity index (χ4v) is 3.42. The summed E-state index contributed by atoms with van der Waals surface area (Å²) in [4.78, 5) is 11.9. The summed E-state index contributed by atoms with van der Waals surface area (Å²) in [5, 5.41) is 0.624. The van der Waals surface area contributed by atoms with E-state index in [2.05, 4.69) is 20.8 Å². The Morgan fingerprint density at radius 1 is 1.07 bits per heavy atom. The van der Waals surface area contributed by atoms with E-state index in [1.54, 1.807) is 0 Å². The number of thioether (sulfide) groups is 1. The predicted octanol–water partition coefficient (Wildman–Crippen LogP) is 5.90. The SMILES string of the molecule is CC(C)(C)c1cc2cc3c(cc2o1)OC(CSC(=O)OCc1ccccc1)O3. The summed E-state index contributed by atoms with van der Waals surface area (Å²) >= 11 is 1.04. The zero-order chi connectivity index (χ0) is 19.7. The largest absolute Gasteiger partial charge is 0.460 e. The first-order valence-electron chi connectivity index (χ1n) is 9.13. The van der Waals surface area contributed by atoms with Gasteiger partial charge in [0.1, 0.15) is 18.0 Å². The Morgan fingerprint density at radius 2 is 1.79 bits per heavy atom. The van der Waals surface area contributed by atoms with Crippen LogP contribution in [0.4, 0.5) is 4.79 Å². The van der Waals surface area contributed by atoms with Crippen LogP contribution in [0.5, 0.6) is 11.5 Å². The highest BCUT2D eigenvalue weighted by molar-refractivity contribution is 8.13. The molecule has 1 unspecified atom stereocenters. The van der Waals surface area contributed by atoms with Crippen LogP contribution in [0.15, 0.2) is 52.9 Å². The Kier molecular flexibility index (Phi) is 4.98. The second-order valence-corrected chi connectivity index (χ2v) is 8.65. The molecule has 146 valence electrons. The fourth-order valence-electron chi connectivity index (χ4n) is 2.87. The van der Waals surface area contributed by atoms with Gasteiger partial charge in [0.2, 0.25) is 0 Å². The van der Waals surface area contributed by atoms with Gasteiger partial charge in [-0.25, -0.2) is 4.79 Å². The average molecular weight is 398 g/mol. The van der Waals surface area contributed by atoms with E-state index in [1.807, 2.05) is 48.5 Å². The van der Waals surface area contributed by atoms with E-state index in [0.29, 0.717) is 17.3 Å². The van der Waals surface area contributed by atoms with Crippen molar-refractivity contribution in [3.05, 3.63) is 59.9 Å².